The van der Waals surface area contributed by atoms with Gasteiger partial charge in [-0.1, -0.05) is 11.6 Å². The zero-order valence-electron chi connectivity index (χ0n) is 11.0. The van der Waals surface area contributed by atoms with E-state index in [2.05, 4.69) is 10.3 Å². The maximum atomic E-state index is 12.3. The van der Waals surface area contributed by atoms with Crippen LogP contribution in [0.3, 0.4) is 0 Å². The minimum absolute atomic E-state index is 0.143. The molecular weight excluding hydrogens is 272 g/mol. The van der Waals surface area contributed by atoms with Crippen molar-refractivity contribution >= 4 is 34.1 Å². The number of aromatic nitrogens is 1. The molecule has 0 saturated heterocycles. The molecular formula is C16H15ClN2O. The normalized spacial score (nSPS) is 27.4. The maximum Gasteiger partial charge on any atom is 0.227 e. The highest BCUT2D eigenvalue weighted by Gasteiger charge is 2.48. The van der Waals surface area contributed by atoms with Crippen molar-refractivity contribution in [2.24, 2.45) is 17.8 Å². The maximum absolute atomic E-state index is 12.3. The number of pyridine rings is 1. The van der Waals surface area contributed by atoms with Crippen molar-refractivity contribution in [3.63, 3.8) is 0 Å². The highest BCUT2D eigenvalue weighted by Crippen LogP contribution is 2.54. The first kappa shape index (κ1) is 12.2. The van der Waals surface area contributed by atoms with Crippen molar-refractivity contribution < 1.29 is 4.79 Å². The molecule has 4 rings (SSSR count). The fraction of sp³-hybridized carbons (Fsp3) is 0.375. The molecule has 0 aliphatic heterocycles. The van der Waals surface area contributed by atoms with E-state index < -0.39 is 0 Å². The van der Waals surface area contributed by atoms with Gasteiger partial charge in [0.05, 0.1) is 16.2 Å². The molecule has 2 atom stereocenters. The van der Waals surface area contributed by atoms with Crippen molar-refractivity contribution in [2.75, 3.05) is 5.32 Å². The lowest BCUT2D eigenvalue weighted by Crippen LogP contribution is -2.21. The minimum Gasteiger partial charge on any atom is -0.325 e. The number of nitrogens with one attached hydrogen (secondary N) is 1. The Bertz CT molecular complexity index is 690. The van der Waals surface area contributed by atoms with Crippen LogP contribution in [0.4, 0.5) is 5.69 Å². The molecule has 2 aliphatic carbocycles. The van der Waals surface area contributed by atoms with E-state index in [4.69, 9.17) is 11.6 Å². The first-order chi connectivity index (χ1) is 9.72. The van der Waals surface area contributed by atoms with Crippen molar-refractivity contribution in [3.05, 3.63) is 35.5 Å². The molecule has 3 nitrogen and oxygen atoms in total. The third-order valence-electron chi connectivity index (χ3n) is 4.59. The van der Waals surface area contributed by atoms with Crippen molar-refractivity contribution in [1.29, 1.82) is 0 Å². The second-order valence-electron chi connectivity index (χ2n) is 5.91. The Morgan fingerprint density at radius 3 is 2.80 bits per heavy atom. The molecule has 1 aromatic heterocycles. The number of amides is 1. The predicted molar refractivity (Wildman–Crippen MR) is 79.7 cm³/mol. The van der Waals surface area contributed by atoms with Crippen molar-refractivity contribution in [1.82, 2.24) is 4.98 Å². The van der Waals surface area contributed by atoms with E-state index in [9.17, 15) is 4.79 Å². The van der Waals surface area contributed by atoms with Crippen LogP contribution in [-0.2, 0) is 4.79 Å². The average molecular weight is 287 g/mol. The van der Waals surface area contributed by atoms with E-state index >= 15 is 0 Å². The summed E-state index contributed by atoms with van der Waals surface area (Å²) in [7, 11) is 0. The minimum atomic E-state index is 0.143. The smallest absolute Gasteiger partial charge is 0.227 e. The molecule has 0 spiro atoms. The predicted octanol–water partition coefficient (Wildman–Crippen LogP) is 3.87. The molecule has 2 fully saturated rings. The topological polar surface area (TPSA) is 42.0 Å². The van der Waals surface area contributed by atoms with Gasteiger partial charge >= 0.3 is 0 Å². The molecule has 0 bridgehead atoms. The molecule has 1 aromatic carbocycles. The summed E-state index contributed by atoms with van der Waals surface area (Å²) >= 11 is 6.14. The van der Waals surface area contributed by atoms with Crippen molar-refractivity contribution in [2.45, 2.75) is 19.3 Å². The highest BCUT2D eigenvalue weighted by molar-refractivity contribution is 6.35. The standard InChI is InChI=1S/C16H15ClN2O/c17-13-3-4-14(12-2-1-5-18-15(12)13)19-16(20)11-7-9-6-10(9)8-11/h1-5,9-11H,6-8H2,(H,19,20). The number of carbonyl (C=O) groups excluding carboxylic acids is 1. The molecule has 1 heterocycles. The zero-order chi connectivity index (χ0) is 13.7. The fourth-order valence-electron chi connectivity index (χ4n) is 3.41. The summed E-state index contributed by atoms with van der Waals surface area (Å²) in [5.41, 5.74) is 1.55. The fourth-order valence-corrected chi connectivity index (χ4v) is 3.62. The molecule has 102 valence electrons. The van der Waals surface area contributed by atoms with Gasteiger partial charge in [-0.05, 0) is 55.4 Å². The van der Waals surface area contributed by atoms with Gasteiger partial charge in [-0.2, -0.15) is 0 Å². The van der Waals surface area contributed by atoms with E-state index in [1.165, 1.54) is 6.42 Å². The first-order valence-electron chi connectivity index (χ1n) is 7.06. The molecule has 4 heteroatoms. The Balaban J connectivity index is 1.62. The number of anilines is 1. The van der Waals surface area contributed by atoms with E-state index in [-0.39, 0.29) is 11.8 Å². The Morgan fingerprint density at radius 1 is 1.20 bits per heavy atom. The quantitative estimate of drug-likeness (QED) is 0.910. The largest absolute Gasteiger partial charge is 0.325 e. The molecule has 2 aromatic rings. The lowest BCUT2D eigenvalue weighted by Gasteiger charge is -2.14. The molecule has 1 amide bonds. The molecule has 20 heavy (non-hydrogen) atoms. The summed E-state index contributed by atoms with van der Waals surface area (Å²) in [5.74, 6) is 1.95. The molecule has 2 unspecified atom stereocenters. The van der Waals surface area contributed by atoms with Gasteiger partial charge in [0.1, 0.15) is 0 Å². The number of rotatable bonds is 2. The third-order valence-corrected chi connectivity index (χ3v) is 4.90. The summed E-state index contributed by atoms with van der Waals surface area (Å²) < 4.78 is 0. The van der Waals surface area contributed by atoms with E-state index in [0.717, 1.165) is 41.3 Å². The number of carbonyl (C=O) groups is 1. The summed E-state index contributed by atoms with van der Waals surface area (Å²) in [6.07, 6.45) is 5.16. The average Bonchev–Trinajstić information content (AvgIpc) is 3.08. The number of benzene rings is 1. The molecule has 1 N–H and O–H groups in total. The molecule has 0 radical (unpaired) electrons. The van der Waals surface area contributed by atoms with Crippen LogP contribution in [0.1, 0.15) is 19.3 Å². The highest BCUT2D eigenvalue weighted by atomic mass is 35.5. The van der Waals surface area contributed by atoms with Crippen LogP contribution in [0.2, 0.25) is 5.02 Å². The first-order valence-corrected chi connectivity index (χ1v) is 7.44. The second-order valence-corrected chi connectivity index (χ2v) is 6.32. The lowest BCUT2D eigenvalue weighted by molar-refractivity contribution is -0.119. The van der Waals surface area contributed by atoms with E-state index in [0.29, 0.717) is 5.02 Å². The number of hydrogen-bond donors (Lipinski definition) is 1. The monoisotopic (exact) mass is 286 g/mol. The summed E-state index contributed by atoms with van der Waals surface area (Å²) in [4.78, 5) is 16.6. The number of fused-ring (bicyclic) bond motifs is 2. The van der Waals surface area contributed by atoms with Crippen LogP contribution in [0.5, 0.6) is 0 Å². The SMILES string of the molecule is O=C(Nc1ccc(Cl)c2ncccc12)C1CC2CC2C1. The van der Waals surface area contributed by atoms with Gasteiger partial charge in [0.15, 0.2) is 0 Å². The van der Waals surface area contributed by atoms with Gasteiger partial charge in [-0.25, -0.2) is 0 Å². The lowest BCUT2D eigenvalue weighted by atomic mass is 10.0. The van der Waals surface area contributed by atoms with Crippen molar-refractivity contribution in [3.8, 4) is 0 Å². The third kappa shape index (κ3) is 1.97. The van der Waals surface area contributed by atoms with Crippen LogP contribution in [-0.4, -0.2) is 10.9 Å². The Labute approximate surface area is 122 Å². The summed E-state index contributed by atoms with van der Waals surface area (Å²) in [6.45, 7) is 0. The number of nitrogens with zero attached hydrogens (tertiary/aromatic N) is 1. The van der Waals surface area contributed by atoms with Crippen LogP contribution < -0.4 is 5.32 Å². The molecule has 2 aliphatic rings. The van der Waals surface area contributed by atoms with Gasteiger partial charge in [-0.3, -0.25) is 9.78 Å². The van der Waals surface area contributed by atoms with Crippen LogP contribution in [0, 0.1) is 17.8 Å². The summed E-state index contributed by atoms with van der Waals surface area (Å²) in [5, 5.41) is 4.57. The number of hydrogen-bond acceptors (Lipinski definition) is 2. The number of halogens is 1. The van der Waals surface area contributed by atoms with Crippen LogP contribution in [0.15, 0.2) is 30.5 Å². The van der Waals surface area contributed by atoms with Crippen LogP contribution in [0.25, 0.3) is 10.9 Å². The van der Waals surface area contributed by atoms with E-state index in [1.54, 1.807) is 12.3 Å². The van der Waals surface area contributed by atoms with Crippen LogP contribution >= 0.6 is 11.6 Å². The van der Waals surface area contributed by atoms with Gasteiger partial charge < -0.3 is 5.32 Å². The molecule has 2 saturated carbocycles. The van der Waals surface area contributed by atoms with E-state index in [1.807, 2.05) is 18.2 Å². The second kappa shape index (κ2) is 4.45. The van der Waals surface area contributed by atoms with Gasteiger partial charge in [0.2, 0.25) is 5.91 Å². The zero-order valence-corrected chi connectivity index (χ0v) is 11.7. The Morgan fingerprint density at radius 2 is 2.00 bits per heavy atom. The Hall–Kier alpha value is -1.61. The van der Waals surface area contributed by atoms with Gasteiger partial charge in [0, 0.05) is 17.5 Å². The van der Waals surface area contributed by atoms with Gasteiger partial charge in [-0.15, -0.1) is 0 Å². The summed E-state index contributed by atoms with van der Waals surface area (Å²) in [6, 6.07) is 7.45. The van der Waals surface area contributed by atoms with Gasteiger partial charge in [0.25, 0.3) is 0 Å². The Kier molecular flexibility index (Phi) is 2.71.